The number of likely N-dealkylation sites (tertiary alicyclic amines) is 1. The molecule has 0 atom stereocenters. The Bertz CT molecular complexity index is 388. The third-order valence-corrected chi connectivity index (χ3v) is 3.36. The van der Waals surface area contributed by atoms with Crippen LogP contribution in [0.1, 0.15) is 24.7 Å². The lowest BCUT2D eigenvalue weighted by Crippen LogP contribution is -2.51. The first-order valence-corrected chi connectivity index (χ1v) is 5.54. The van der Waals surface area contributed by atoms with Crippen molar-refractivity contribution in [2.45, 2.75) is 25.8 Å². The van der Waals surface area contributed by atoms with Crippen LogP contribution in [0.5, 0.6) is 0 Å². The van der Waals surface area contributed by atoms with Gasteiger partial charge in [-0.05, 0) is 19.8 Å². The predicted octanol–water partition coefficient (Wildman–Crippen LogP) is 0.985. The molecule has 3 rings (SSSR count). The van der Waals surface area contributed by atoms with Gasteiger partial charge in [-0.2, -0.15) is 0 Å². The van der Waals surface area contributed by atoms with Crippen molar-refractivity contribution < 1.29 is 4.79 Å². The van der Waals surface area contributed by atoms with E-state index in [1.165, 1.54) is 0 Å². The van der Waals surface area contributed by atoms with E-state index >= 15 is 0 Å². The maximum Gasteiger partial charge on any atom is 0.225 e. The minimum absolute atomic E-state index is 0.356. The maximum atomic E-state index is 11.7. The largest absolute Gasteiger partial charge is 0.338 e. The van der Waals surface area contributed by atoms with E-state index in [1.54, 1.807) is 0 Å². The third-order valence-electron chi connectivity index (χ3n) is 3.36. The molecule has 2 aliphatic rings. The van der Waals surface area contributed by atoms with Crippen LogP contribution < -0.4 is 0 Å². The van der Waals surface area contributed by atoms with Crippen molar-refractivity contribution in [3.8, 4) is 0 Å². The molecule has 1 saturated carbocycles. The number of aryl methyl sites for hydroxylation is 1. The molecule has 1 aliphatic heterocycles. The van der Waals surface area contributed by atoms with Gasteiger partial charge in [0.25, 0.3) is 0 Å². The Hall–Kier alpha value is -1.32. The van der Waals surface area contributed by atoms with Gasteiger partial charge in [-0.1, -0.05) is 0 Å². The fraction of sp³-hybridized carbons (Fsp3) is 0.636. The number of nitrogens with zero attached hydrogens (tertiary/aromatic N) is 3. The molecule has 1 aliphatic carbocycles. The number of amides is 1. The number of imidazole rings is 1. The second-order valence-electron chi connectivity index (χ2n) is 4.55. The Balaban J connectivity index is 1.61. The Morgan fingerprint density at radius 3 is 2.73 bits per heavy atom. The van der Waals surface area contributed by atoms with Crippen LogP contribution in [0.25, 0.3) is 0 Å². The summed E-state index contributed by atoms with van der Waals surface area (Å²) < 4.78 is 2.16. The summed E-state index contributed by atoms with van der Waals surface area (Å²) in [5, 5.41) is 0. The zero-order valence-corrected chi connectivity index (χ0v) is 8.89. The summed E-state index contributed by atoms with van der Waals surface area (Å²) in [7, 11) is 0. The van der Waals surface area contributed by atoms with Crippen molar-refractivity contribution in [2.24, 2.45) is 5.92 Å². The zero-order valence-electron chi connectivity index (χ0n) is 8.89. The average molecular weight is 205 g/mol. The number of carbonyl (C=O) groups excluding carboxylic acids is 1. The van der Waals surface area contributed by atoms with Gasteiger partial charge in [-0.25, -0.2) is 4.98 Å². The fourth-order valence-corrected chi connectivity index (χ4v) is 2.17. The van der Waals surface area contributed by atoms with Gasteiger partial charge in [-0.15, -0.1) is 0 Å². The van der Waals surface area contributed by atoms with Crippen LogP contribution in [0.15, 0.2) is 12.4 Å². The first-order chi connectivity index (χ1) is 7.25. The lowest BCUT2D eigenvalue weighted by atomic mass is 10.1. The molecule has 15 heavy (non-hydrogen) atoms. The Kier molecular flexibility index (Phi) is 1.84. The van der Waals surface area contributed by atoms with Crippen molar-refractivity contribution in [3.05, 3.63) is 18.2 Å². The molecule has 2 fully saturated rings. The van der Waals surface area contributed by atoms with Crippen LogP contribution in [-0.2, 0) is 4.79 Å². The van der Waals surface area contributed by atoms with Gasteiger partial charge < -0.3 is 9.47 Å². The molecule has 0 spiro atoms. The first kappa shape index (κ1) is 8.95. The van der Waals surface area contributed by atoms with E-state index in [0.717, 1.165) is 31.8 Å². The Morgan fingerprint density at radius 1 is 1.47 bits per heavy atom. The van der Waals surface area contributed by atoms with Crippen LogP contribution in [0.4, 0.5) is 0 Å². The lowest BCUT2D eigenvalue weighted by molar-refractivity contribution is -0.138. The average Bonchev–Trinajstić information content (AvgIpc) is 2.90. The second kappa shape index (κ2) is 3.08. The third kappa shape index (κ3) is 1.44. The quantitative estimate of drug-likeness (QED) is 0.722. The maximum absolute atomic E-state index is 11.7. The van der Waals surface area contributed by atoms with Crippen molar-refractivity contribution in [3.63, 3.8) is 0 Å². The molecular formula is C11H15N3O. The first-order valence-electron chi connectivity index (χ1n) is 5.54. The molecule has 0 unspecified atom stereocenters. The summed E-state index contributed by atoms with van der Waals surface area (Å²) in [5.41, 5.74) is 0. The molecule has 0 radical (unpaired) electrons. The SMILES string of the molecule is Cc1nccn1C1CN(C(=O)C2CC2)C1. The van der Waals surface area contributed by atoms with E-state index < -0.39 is 0 Å². The minimum atomic E-state index is 0.356. The van der Waals surface area contributed by atoms with Gasteiger partial charge in [0, 0.05) is 31.4 Å². The molecule has 4 heteroatoms. The molecule has 2 heterocycles. The standard InChI is InChI=1S/C11H15N3O/c1-8-12-4-5-14(8)10-6-13(7-10)11(15)9-2-3-9/h4-5,9-10H,2-3,6-7H2,1H3. The number of hydrogen-bond donors (Lipinski definition) is 0. The lowest BCUT2D eigenvalue weighted by Gasteiger charge is -2.40. The van der Waals surface area contributed by atoms with Crippen LogP contribution in [-0.4, -0.2) is 33.4 Å². The molecule has 4 nitrogen and oxygen atoms in total. The van der Waals surface area contributed by atoms with Crippen molar-refractivity contribution >= 4 is 5.91 Å². The van der Waals surface area contributed by atoms with Crippen LogP contribution in [0.2, 0.25) is 0 Å². The van der Waals surface area contributed by atoms with Gasteiger partial charge in [0.05, 0.1) is 6.04 Å². The minimum Gasteiger partial charge on any atom is -0.338 e. The highest BCUT2D eigenvalue weighted by Crippen LogP contribution is 2.34. The summed E-state index contributed by atoms with van der Waals surface area (Å²) >= 11 is 0. The molecule has 80 valence electrons. The summed E-state index contributed by atoms with van der Waals surface area (Å²) in [6.45, 7) is 3.74. The summed E-state index contributed by atoms with van der Waals surface area (Å²) in [6, 6.07) is 0.454. The van der Waals surface area contributed by atoms with Crippen molar-refractivity contribution in [1.29, 1.82) is 0 Å². The second-order valence-corrected chi connectivity index (χ2v) is 4.55. The van der Waals surface area contributed by atoms with E-state index in [2.05, 4.69) is 9.55 Å². The highest BCUT2D eigenvalue weighted by molar-refractivity contribution is 5.81. The molecule has 0 bridgehead atoms. The number of hydrogen-bond acceptors (Lipinski definition) is 2. The predicted molar refractivity (Wildman–Crippen MR) is 55.3 cm³/mol. The van der Waals surface area contributed by atoms with Gasteiger partial charge in [0.2, 0.25) is 5.91 Å². The molecule has 0 N–H and O–H groups in total. The molecule has 1 aromatic rings. The monoisotopic (exact) mass is 205 g/mol. The van der Waals surface area contributed by atoms with Crippen LogP contribution in [0, 0.1) is 12.8 Å². The van der Waals surface area contributed by atoms with E-state index in [1.807, 2.05) is 24.2 Å². The molecule has 1 amide bonds. The van der Waals surface area contributed by atoms with Gasteiger partial charge in [-0.3, -0.25) is 4.79 Å². The Morgan fingerprint density at radius 2 is 2.20 bits per heavy atom. The van der Waals surface area contributed by atoms with Crippen LogP contribution >= 0.6 is 0 Å². The van der Waals surface area contributed by atoms with Gasteiger partial charge in [0.15, 0.2) is 0 Å². The molecular weight excluding hydrogens is 190 g/mol. The highest BCUT2D eigenvalue weighted by atomic mass is 16.2. The van der Waals surface area contributed by atoms with E-state index in [0.29, 0.717) is 17.9 Å². The van der Waals surface area contributed by atoms with Gasteiger partial charge in [0.1, 0.15) is 5.82 Å². The fourth-order valence-electron chi connectivity index (χ4n) is 2.17. The van der Waals surface area contributed by atoms with Crippen molar-refractivity contribution in [2.75, 3.05) is 13.1 Å². The number of aromatic nitrogens is 2. The molecule has 1 aromatic heterocycles. The van der Waals surface area contributed by atoms with Gasteiger partial charge >= 0.3 is 0 Å². The topological polar surface area (TPSA) is 38.1 Å². The normalized spacial score (nSPS) is 21.5. The van der Waals surface area contributed by atoms with Crippen LogP contribution in [0.3, 0.4) is 0 Å². The molecule has 0 aromatic carbocycles. The van der Waals surface area contributed by atoms with E-state index in [9.17, 15) is 4.79 Å². The highest BCUT2D eigenvalue weighted by Gasteiger charge is 2.39. The summed E-state index contributed by atoms with van der Waals surface area (Å²) in [6.07, 6.45) is 6.02. The Labute approximate surface area is 88.9 Å². The smallest absolute Gasteiger partial charge is 0.225 e. The number of rotatable bonds is 2. The van der Waals surface area contributed by atoms with E-state index in [-0.39, 0.29) is 0 Å². The number of carbonyl (C=O) groups is 1. The van der Waals surface area contributed by atoms with Crippen molar-refractivity contribution in [1.82, 2.24) is 14.5 Å². The molecule has 1 saturated heterocycles. The zero-order chi connectivity index (χ0) is 10.4. The van der Waals surface area contributed by atoms with E-state index in [4.69, 9.17) is 0 Å². The summed E-state index contributed by atoms with van der Waals surface area (Å²) in [5.74, 6) is 1.76. The summed E-state index contributed by atoms with van der Waals surface area (Å²) in [4.78, 5) is 17.9.